The molecule has 0 aliphatic carbocycles. The van der Waals surface area contributed by atoms with Crippen LogP contribution < -0.4 is 11.5 Å². The number of methoxy groups -OCH3 is 2. The summed E-state index contributed by atoms with van der Waals surface area (Å²) in [4.78, 5) is 18.7. The van der Waals surface area contributed by atoms with Crippen LogP contribution in [-0.2, 0) is 9.47 Å². The van der Waals surface area contributed by atoms with Gasteiger partial charge in [-0.25, -0.2) is 9.59 Å². The molecule has 0 aromatic carbocycles. The van der Waals surface area contributed by atoms with Crippen molar-refractivity contribution in [1.82, 2.24) is 0 Å². The lowest BCUT2D eigenvalue weighted by Crippen LogP contribution is -2.18. The number of nitrogens with two attached hydrogens (primary N) is 2. The van der Waals surface area contributed by atoms with Crippen molar-refractivity contribution in [3.63, 3.8) is 0 Å². The lowest BCUT2D eigenvalue weighted by atomic mass is 11.2. The number of carbonyl (C=O) groups is 2. The number of amides is 2. The zero-order chi connectivity index (χ0) is 10.6. The predicted octanol–water partition coefficient (Wildman–Crippen LogP) is 0.304. The second-order valence-corrected chi connectivity index (χ2v) is 1.06. The van der Waals surface area contributed by atoms with E-state index >= 15 is 0 Å². The van der Waals surface area contributed by atoms with Crippen LogP contribution >= 0.6 is 0 Å². The summed E-state index contributed by atoms with van der Waals surface area (Å²) in [7, 11) is 3.51. The Balaban J connectivity index is -0.0000000302. The summed E-state index contributed by atoms with van der Waals surface area (Å²) in [5.74, 6) is 0. The number of aliphatic hydroxyl groups excluding tert-OH is 1. The summed E-state index contributed by atoms with van der Waals surface area (Å²) in [6.07, 6.45) is -0.657. The first-order valence-corrected chi connectivity index (χ1v) is 2.66. The van der Waals surface area contributed by atoms with Crippen LogP contribution in [-0.4, -0.2) is 38.6 Å². The smallest absolute Gasteiger partial charge is 0.438 e. The summed E-state index contributed by atoms with van der Waals surface area (Å²) in [5, 5.41) is 7.00. The normalized spacial score (nSPS) is 5.14. The molecule has 0 aromatic rings. The van der Waals surface area contributed by atoms with Crippen LogP contribution in [0, 0.1) is 0 Å². The molecule has 0 radical (unpaired) electrons. The summed E-state index contributed by atoms with van der Waals surface area (Å²) in [5.41, 5.74) is 8.50. The first-order chi connectivity index (χ1) is 5.54. The van der Waals surface area contributed by atoms with E-state index in [9.17, 15) is 4.79 Å². The first kappa shape index (κ1) is 29.4. The molecule has 14 heavy (non-hydrogen) atoms. The van der Waals surface area contributed by atoms with Crippen molar-refractivity contribution in [1.29, 1.82) is 0 Å². The third-order valence-electron chi connectivity index (χ3n) is 0.333. The Morgan fingerprint density at radius 2 is 1.14 bits per heavy atom. The monoisotopic (exact) mass is 214 g/mol. The van der Waals surface area contributed by atoms with Gasteiger partial charge >= 0.3 is 12.2 Å². The first-order valence-electron chi connectivity index (χ1n) is 2.66. The summed E-state index contributed by atoms with van der Waals surface area (Å²) in [6.45, 7) is 0. The third kappa shape index (κ3) is 152. The second-order valence-electron chi connectivity index (χ2n) is 1.06. The fourth-order valence-corrected chi connectivity index (χ4v) is 0.0833. The maximum absolute atomic E-state index is 9.74. The fraction of sp³-hybridized carbons (Fsp3) is 0.714. The van der Waals surface area contributed by atoms with E-state index in [0.29, 0.717) is 0 Å². The van der Waals surface area contributed by atoms with E-state index in [1.165, 1.54) is 14.2 Å². The van der Waals surface area contributed by atoms with Gasteiger partial charge in [-0.3, -0.25) is 0 Å². The molecule has 0 aromatic heterocycles. The number of primary amides is 2. The van der Waals surface area contributed by atoms with Gasteiger partial charge in [-0.1, -0.05) is 14.9 Å². The van der Waals surface area contributed by atoms with E-state index in [4.69, 9.17) is 9.90 Å². The highest BCUT2D eigenvalue weighted by atomic mass is 16.7. The van der Waals surface area contributed by atoms with Gasteiger partial charge in [-0.15, -0.1) is 0 Å². The number of hydrogen-bond acceptors (Lipinski definition) is 5. The minimum Gasteiger partial charge on any atom is -0.438 e. The lowest BCUT2D eigenvalue weighted by Gasteiger charge is -1.89. The molecular formula is C7H22N2O5. The van der Waals surface area contributed by atoms with Gasteiger partial charge in [0.2, 0.25) is 0 Å². The maximum atomic E-state index is 9.74. The van der Waals surface area contributed by atoms with Crippen molar-refractivity contribution in [3.8, 4) is 0 Å². The van der Waals surface area contributed by atoms with Crippen LogP contribution in [0.5, 0.6) is 0 Å². The number of aliphatic hydroxyl groups is 1. The Morgan fingerprint density at radius 3 is 1.14 bits per heavy atom. The molecule has 0 bridgehead atoms. The van der Waals surface area contributed by atoms with Crippen LogP contribution in [0.2, 0.25) is 0 Å². The van der Waals surface area contributed by atoms with Gasteiger partial charge in [0.25, 0.3) is 0 Å². The van der Waals surface area contributed by atoms with Crippen molar-refractivity contribution in [2.24, 2.45) is 11.5 Å². The zero-order valence-corrected chi connectivity index (χ0v) is 7.23. The lowest BCUT2D eigenvalue weighted by molar-refractivity contribution is 0.0924. The van der Waals surface area contributed by atoms with Gasteiger partial charge in [-0.05, 0) is 0 Å². The van der Waals surface area contributed by atoms with Crippen molar-refractivity contribution in [2.75, 3.05) is 21.3 Å². The SMILES string of the molecule is C.C.CO.COC(=O)OC.NC(N)=O. The van der Waals surface area contributed by atoms with E-state index in [-0.39, 0.29) is 14.9 Å². The van der Waals surface area contributed by atoms with Crippen molar-refractivity contribution >= 4 is 12.2 Å². The minimum atomic E-state index is -0.833. The van der Waals surface area contributed by atoms with Crippen molar-refractivity contribution in [2.45, 2.75) is 14.9 Å². The highest BCUT2D eigenvalue weighted by Gasteiger charge is 1.88. The Labute approximate surface area is 85.0 Å². The fourth-order valence-electron chi connectivity index (χ4n) is 0.0833. The summed E-state index contributed by atoms with van der Waals surface area (Å²) in [6, 6.07) is -0.833. The Hall–Kier alpha value is -1.50. The predicted molar refractivity (Wildman–Crippen MR) is 54.8 cm³/mol. The molecule has 0 fully saturated rings. The molecular weight excluding hydrogens is 192 g/mol. The molecule has 0 aliphatic heterocycles. The molecule has 0 heterocycles. The Bertz CT molecular complexity index is 109. The number of carbonyl (C=O) groups excluding carboxylic acids is 2. The maximum Gasteiger partial charge on any atom is 0.507 e. The highest BCUT2D eigenvalue weighted by Crippen LogP contribution is 1.72. The van der Waals surface area contributed by atoms with Gasteiger partial charge in [0.05, 0.1) is 14.2 Å². The van der Waals surface area contributed by atoms with E-state index in [1.807, 2.05) is 0 Å². The van der Waals surface area contributed by atoms with E-state index < -0.39 is 12.2 Å². The van der Waals surface area contributed by atoms with Crippen LogP contribution in [0.4, 0.5) is 9.59 Å². The van der Waals surface area contributed by atoms with E-state index in [1.54, 1.807) is 0 Å². The summed E-state index contributed by atoms with van der Waals surface area (Å²) < 4.78 is 8.08. The molecule has 0 saturated heterocycles. The molecule has 0 aliphatic rings. The number of rotatable bonds is 0. The second kappa shape index (κ2) is 30.0. The van der Waals surface area contributed by atoms with E-state index in [2.05, 4.69) is 20.9 Å². The minimum absolute atomic E-state index is 0. The highest BCUT2D eigenvalue weighted by molar-refractivity contribution is 5.69. The molecule has 2 amide bonds. The number of ether oxygens (including phenoxy) is 2. The van der Waals surface area contributed by atoms with Gasteiger partial charge in [0.15, 0.2) is 0 Å². The van der Waals surface area contributed by atoms with Gasteiger partial charge in [0, 0.05) is 7.11 Å². The Morgan fingerprint density at radius 1 is 1.00 bits per heavy atom. The third-order valence-corrected chi connectivity index (χ3v) is 0.333. The van der Waals surface area contributed by atoms with Gasteiger partial charge < -0.3 is 26.0 Å². The average Bonchev–Trinajstić information content (AvgIpc) is 2.06. The van der Waals surface area contributed by atoms with Gasteiger partial charge in [0.1, 0.15) is 0 Å². The Kier molecular flexibility index (Phi) is 63.0. The largest absolute Gasteiger partial charge is 0.507 e. The molecule has 0 unspecified atom stereocenters. The standard InChI is InChI=1S/C3H6O3.CH4N2O.CH4O.2CH4/c1-5-3(4)6-2;2-1(3)4;1-2;;/h1-2H3;(H4,2,3,4);2H,1H3;2*1H4. The van der Waals surface area contributed by atoms with Crippen LogP contribution in [0.15, 0.2) is 0 Å². The topological polar surface area (TPSA) is 125 Å². The molecule has 5 N–H and O–H groups in total. The average molecular weight is 214 g/mol. The molecule has 7 nitrogen and oxygen atoms in total. The molecule has 0 rings (SSSR count). The molecule has 0 saturated carbocycles. The molecule has 0 spiro atoms. The molecule has 7 heteroatoms. The quantitative estimate of drug-likeness (QED) is 0.500. The molecule has 0 atom stereocenters. The van der Waals surface area contributed by atoms with Crippen molar-refractivity contribution < 1.29 is 24.2 Å². The van der Waals surface area contributed by atoms with Gasteiger partial charge in [-0.2, -0.15) is 0 Å². The van der Waals surface area contributed by atoms with Crippen LogP contribution in [0.1, 0.15) is 14.9 Å². The van der Waals surface area contributed by atoms with Crippen LogP contribution in [0.3, 0.4) is 0 Å². The van der Waals surface area contributed by atoms with Crippen LogP contribution in [0.25, 0.3) is 0 Å². The number of urea groups is 1. The zero-order valence-electron chi connectivity index (χ0n) is 7.23. The van der Waals surface area contributed by atoms with E-state index in [0.717, 1.165) is 7.11 Å². The van der Waals surface area contributed by atoms with Crippen molar-refractivity contribution in [3.05, 3.63) is 0 Å². The number of hydrogen-bond donors (Lipinski definition) is 3. The molecule has 90 valence electrons. The summed E-state index contributed by atoms with van der Waals surface area (Å²) >= 11 is 0.